The summed E-state index contributed by atoms with van der Waals surface area (Å²) in [4.78, 5) is 0.217. The molecule has 1 aliphatic rings. The van der Waals surface area contributed by atoms with Gasteiger partial charge in [-0.2, -0.15) is 5.10 Å². The number of aromatic nitrogens is 2. The van der Waals surface area contributed by atoms with Gasteiger partial charge in [0.25, 0.3) is 0 Å². The molecule has 0 spiro atoms. The van der Waals surface area contributed by atoms with Crippen LogP contribution in [-0.4, -0.2) is 30.9 Å². The van der Waals surface area contributed by atoms with Gasteiger partial charge in [0.2, 0.25) is 10.0 Å². The van der Waals surface area contributed by atoms with Crippen LogP contribution in [0.15, 0.2) is 4.90 Å². The monoisotopic (exact) mass is 301 g/mol. The minimum atomic E-state index is -3.72. The van der Waals surface area contributed by atoms with E-state index < -0.39 is 10.0 Å². The Hall–Kier alpha value is -0.920. The highest BCUT2D eigenvalue weighted by Gasteiger charge is 2.24. The molecule has 20 heavy (non-hydrogen) atoms. The summed E-state index contributed by atoms with van der Waals surface area (Å²) < 4.78 is 30.9. The number of aryl methyl sites for hydroxylation is 2. The predicted octanol–water partition coefficient (Wildman–Crippen LogP) is 1.22. The van der Waals surface area contributed by atoms with Gasteiger partial charge >= 0.3 is 0 Å². The van der Waals surface area contributed by atoms with Crippen LogP contribution in [0.2, 0.25) is 0 Å². The minimum absolute atomic E-state index is 0.217. The molecule has 7 heteroatoms. The SMILES string of the molecule is CCc1nn(CCC2CCCO2)c(CC)c1S(N)(=O)=O. The summed E-state index contributed by atoms with van der Waals surface area (Å²) >= 11 is 0. The normalized spacial score (nSPS) is 19.6. The Labute approximate surface area is 120 Å². The van der Waals surface area contributed by atoms with E-state index in [1.165, 1.54) is 0 Å². The number of ether oxygens (including phenoxy) is 1. The fourth-order valence-corrected chi connectivity index (χ4v) is 3.85. The lowest BCUT2D eigenvalue weighted by molar-refractivity contribution is 0.0992. The Balaban J connectivity index is 2.26. The van der Waals surface area contributed by atoms with E-state index in [4.69, 9.17) is 9.88 Å². The number of hydrogen-bond acceptors (Lipinski definition) is 4. The summed E-state index contributed by atoms with van der Waals surface area (Å²) in [5.74, 6) is 0. The molecule has 0 bridgehead atoms. The predicted molar refractivity (Wildman–Crippen MR) is 75.9 cm³/mol. The van der Waals surface area contributed by atoms with Gasteiger partial charge in [-0.1, -0.05) is 13.8 Å². The first-order valence-electron chi connectivity index (χ1n) is 7.20. The van der Waals surface area contributed by atoms with Crippen molar-refractivity contribution in [1.29, 1.82) is 0 Å². The molecule has 0 aliphatic carbocycles. The van der Waals surface area contributed by atoms with Crippen molar-refractivity contribution in [2.75, 3.05) is 6.61 Å². The quantitative estimate of drug-likeness (QED) is 0.856. The molecule has 0 radical (unpaired) electrons. The number of hydrogen-bond donors (Lipinski definition) is 1. The molecule has 2 heterocycles. The number of rotatable bonds is 6. The van der Waals surface area contributed by atoms with E-state index in [1.807, 2.05) is 13.8 Å². The molecular weight excluding hydrogens is 278 g/mol. The van der Waals surface area contributed by atoms with Gasteiger partial charge in [0, 0.05) is 13.2 Å². The number of sulfonamides is 1. The second-order valence-corrected chi connectivity index (χ2v) is 6.62. The first-order chi connectivity index (χ1) is 9.47. The second-order valence-electron chi connectivity index (χ2n) is 5.12. The molecule has 1 aromatic rings. The highest BCUT2D eigenvalue weighted by atomic mass is 32.2. The Morgan fingerprint density at radius 2 is 2.15 bits per heavy atom. The Kier molecular flexibility index (Phi) is 4.82. The summed E-state index contributed by atoms with van der Waals surface area (Å²) in [6.45, 7) is 5.32. The third-order valence-corrected chi connectivity index (χ3v) is 4.76. The van der Waals surface area contributed by atoms with E-state index in [0.29, 0.717) is 30.8 Å². The lowest BCUT2D eigenvalue weighted by Gasteiger charge is -2.11. The minimum Gasteiger partial charge on any atom is -0.378 e. The van der Waals surface area contributed by atoms with Crippen LogP contribution >= 0.6 is 0 Å². The van der Waals surface area contributed by atoms with Gasteiger partial charge in [0.1, 0.15) is 4.90 Å². The fourth-order valence-electron chi connectivity index (χ4n) is 2.76. The third kappa shape index (κ3) is 3.21. The highest BCUT2D eigenvalue weighted by Crippen LogP contribution is 2.22. The van der Waals surface area contributed by atoms with Crippen molar-refractivity contribution < 1.29 is 13.2 Å². The number of nitrogens with zero attached hydrogens (tertiary/aromatic N) is 2. The smallest absolute Gasteiger partial charge is 0.241 e. The van der Waals surface area contributed by atoms with E-state index in [9.17, 15) is 8.42 Å². The molecule has 2 rings (SSSR count). The van der Waals surface area contributed by atoms with Gasteiger partial charge in [0.05, 0.1) is 17.5 Å². The molecule has 2 N–H and O–H groups in total. The van der Waals surface area contributed by atoms with Gasteiger partial charge in [-0.25, -0.2) is 13.6 Å². The molecule has 0 saturated carbocycles. The van der Waals surface area contributed by atoms with Crippen molar-refractivity contribution in [3.63, 3.8) is 0 Å². The van der Waals surface area contributed by atoms with Crippen molar-refractivity contribution in [3.8, 4) is 0 Å². The largest absolute Gasteiger partial charge is 0.378 e. The zero-order valence-corrected chi connectivity index (χ0v) is 12.9. The summed E-state index contributed by atoms with van der Waals surface area (Å²) in [5.41, 5.74) is 1.28. The van der Waals surface area contributed by atoms with E-state index in [1.54, 1.807) is 4.68 Å². The first kappa shape index (κ1) is 15.5. The lowest BCUT2D eigenvalue weighted by atomic mass is 10.2. The molecule has 1 aliphatic heterocycles. The zero-order chi connectivity index (χ0) is 14.8. The van der Waals surface area contributed by atoms with Crippen molar-refractivity contribution in [2.45, 2.75) is 63.5 Å². The van der Waals surface area contributed by atoms with Crippen LogP contribution in [0.1, 0.15) is 44.5 Å². The summed E-state index contributed by atoms with van der Waals surface area (Å²) in [6, 6.07) is 0. The Morgan fingerprint density at radius 3 is 2.65 bits per heavy atom. The molecule has 1 unspecified atom stereocenters. The van der Waals surface area contributed by atoms with E-state index >= 15 is 0 Å². The highest BCUT2D eigenvalue weighted by molar-refractivity contribution is 7.89. The van der Waals surface area contributed by atoms with Crippen LogP contribution in [0.25, 0.3) is 0 Å². The van der Waals surface area contributed by atoms with E-state index in [0.717, 1.165) is 25.9 Å². The van der Waals surface area contributed by atoms with E-state index in [2.05, 4.69) is 5.10 Å². The molecule has 1 aromatic heterocycles. The van der Waals surface area contributed by atoms with Gasteiger partial charge in [-0.05, 0) is 32.1 Å². The molecule has 0 aromatic carbocycles. The van der Waals surface area contributed by atoms with Gasteiger partial charge in [0.15, 0.2) is 0 Å². The zero-order valence-electron chi connectivity index (χ0n) is 12.1. The molecule has 1 fully saturated rings. The lowest BCUT2D eigenvalue weighted by Crippen LogP contribution is -2.17. The Bertz CT molecular complexity index is 560. The van der Waals surface area contributed by atoms with Crippen LogP contribution in [-0.2, 0) is 34.1 Å². The molecular formula is C13H23N3O3S. The van der Waals surface area contributed by atoms with E-state index in [-0.39, 0.29) is 11.0 Å². The second kappa shape index (κ2) is 6.24. The molecule has 0 amide bonds. The average Bonchev–Trinajstić information content (AvgIpc) is 3.01. The van der Waals surface area contributed by atoms with Crippen LogP contribution in [0.4, 0.5) is 0 Å². The fraction of sp³-hybridized carbons (Fsp3) is 0.769. The van der Waals surface area contributed by atoms with Crippen molar-refractivity contribution in [2.24, 2.45) is 5.14 Å². The summed E-state index contributed by atoms with van der Waals surface area (Å²) in [5, 5.41) is 9.76. The summed E-state index contributed by atoms with van der Waals surface area (Å²) in [6.07, 6.45) is 4.47. The number of nitrogens with two attached hydrogens (primary N) is 1. The first-order valence-corrected chi connectivity index (χ1v) is 8.75. The standard InChI is InChI=1S/C13H23N3O3S/c1-3-11-13(20(14,17)18)12(4-2)16(15-11)8-7-10-6-5-9-19-10/h10H,3-9H2,1-2H3,(H2,14,17,18). The topological polar surface area (TPSA) is 87.2 Å². The third-order valence-electron chi connectivity index (χ3n) is 3.72. The average molecular weight is 301 g/mol. The molecule has 6 nitrogen and oxygen atoms in total. The van der Waals surface area contributed by atoms with Crippen molar-refractivity contribution in [3.05, 3.63) is 11.4 Å². The van der Waals surface area contributed by atoms with Crippen LogP contribution in [0.5, 0.6) is 0 Å². The van der Waals surface area contributed by atoms with Gasteiger partial charge in [-0.15, -0.1) is 0 Å². The van der Waals surface area contributed by atoms with Crippen LogP contribution in [0.3, 0.4) is 0 Å². The van der Waals surface area contributed by atoms with Gasteiger partial charge in [-0.3, -0.25) is 4.68 Å². The Morgan fingerprint density at radius 1 is 1.40 bits per heavy atom. The summed E-state index contributed by atoms with van der Waals surface area (Å²) in [7, 11) is -3.72. The van der Waals surface area contributed by atoms with Crippen molar-refractivity contribution >= 4 is 10.0 Å². The maximum Gasteiger partial charge on any atom is 0.241 e. The maximum atomic E-state index is 11.8. The van der Waals surface area contributed by atoms with Crippen molar-refractivity contribution in [1.82, 2.24) is 9.78 Å². The van der Waals surface area contributed by atoms with Crippen LogP contribution in [0, 0.1) is 0 Å². The molecule has 1 saturated heterocycles. The maximum absolute atomic E-state index is 11.8. The molecule has 114 valence electrons. The molecule has 1 atom stereocenters. The van der Waals surface area contributed by atoms with Crippen LogP contribution < -0.4 is 5.14 Å². The number of primary sulfonamides is 1. The van der Waals surface area contributed by atoms with Gasteiger partial charge < -0.3 is 4.74 Å².